The number of anilines is 1. The number of carbonyl (C=O) groups is 2. The molecular formula is C42H30N2O2. The SMILES string of the molecule is CC(=O)c1ccccc1.Nc1cccc2c1C(=O)c1ccccc1-2.c1ccc(-c2cc3c4c(cccc4n2)-c2ccccc2-3)cc1. The molecule has 9 rings (SSSR count). The molecular weight excluding hydrogens is 564 g/mol. The summed E-state index contributed by atoms with van der Waals surface area (Å²) in [6, 6.07) is 50.1. The molecule has 0 bridgehead atoms. The number of pyridine rings is 1. The maximum absolute atomic E-state index is 12.0. The fourth-order valence-corrected chi connectivity index (χ4v) is 6.21. The third-order valence-electron chi connectivity index (χ3n) is 8.38. The molecule has 4 nitrogen and oxygen atoms in total. The second-order valence-corrected chi connectivity index (χ2v) is 11.2. The molecule has 2 aliphatic rings. The van der Waals surface area contributed by atoms with E-state index >= 15 is 0 Å². The lowest BCUT2D eigenvalue weighted by molar-refractivity contribution is 0.101. The van der Waals surface area contributed by atoms with Gasteiger partial charge in [0, 0.05) is 27.8 Å². The van der Waals surface area contributed by atoms with Crippen molar-refractivity contribution >= 4 is 28.2 Å². The van der Waals surface area contributed by atoms with Crippen LogP contribution in [0.5, 0.6) is 0 Å². The van der Waals surface area contributed by atoms with Gasteiger partial charge in [-0.25, -0.2) is 4.98 Å². The summed E-state index contributed by atoms with van der Waals surface area (Å²) in [6.07, 6.45) is 0. The highest BCUT2D eigenvalue weighted by Gasteiger charge is 2.27. The number of aromatic nitrogens is 1. The number of carbonyl (C=O) groups excluding carboxylic acids is 2. The molecule has 0 amide bonds. The Morgan fingerprint density at radius 3 is 1.72 bits per heavy atom. The fourth-order valence-electron chi connectivity index (χ4n) is 6.21. The lowest BCUT2D eigenvalue weighted by Crippen LogP contribution is -1.99. The van der Waals surface area contributed by atoms with Crippen LogP contribution in [0.4, 0.5) is 5.69 Å². The van der Waals surface area contributed by atoms with Crippen LogP contribution in [0, 0.1) is 0 Å². The van der Waals surface area contributed by atoms with Gasteiger partial charge in [0.05, 0.1) is 16.8 Å². The van der Waals surface area contributed by atoms with Gasteiger partial charge in [-0.1, -0.05) is 133 Å². The largest absolute Gasteiger partial charge is 0.398 e. The van der Waals surface area contributed by atoms with Gasteiger partial charge in [0.25, 0.3) is 0 Å². The Hall–Kier alpha value is -6.13. The third kappa shape index (κ3) is 5.16. The van der Waals surface area contributed by atoms with Crippen LogP contribution in [0.25, 0.3) is 55.5 Å². The van der Waals surface area contributed by atoms with Crippen LogP contribution in [0.3, 0.4) is 0 Å². The van der Waals surface area contributed by atoms with Crippen molar-refractivity contribution < 1.29 is 9.59 Å². The van der Waals surface area contributed by atoms with Gasteiger partial charge >= 0.3 is 0 Å². The first-order valence-electron chi connectivity index (χ1n) is 15.2. The number of rotatable bonds is 2. The van der Waals surface area contributed by atoms with Gasteiger partial charge in [0.1, 0.15) is 0 Å². The number of fused-ring (bicyclic) bond motifs is 6. The molecule has 1 heterocycles. The Kier molecular flexibility index (Phi) is 7.53. The van der Waals surface area contributed by atoms with Gasteiger partial charge in [-0.05, 0) is 58.5 Å². The van der Waals surface area contributed by atoms with Gasteiger partial charge in [-0.2, -0.15) is 0 Å². The first kappa shape index (κ1) is 28.6. The zero-order valence-electron chi connectivity index (χ0n) is 25.3. The minimum atomic E-state index is 0.0405. The zero-order chi connectivity index (χ0) is 31.6. The number of nitrogens with two attached hydrogens (primary N) is 1. The molecule has 6 aromatic carbocycles. The van der Waals surface area contributed by atoms with E-state index in [9.17, 15) is 9.59 Å². The molecule has 4 heteroatoms. The Bertz CT molecular complexity index is 2260. The summed E-state index contributed by atoms with van der Waals surface area (Å²) >= 11 is 0. The third-order valence-corrected chi connectivity index (χ3v) is 8.38. The van der Waals surface area contributed by atoms with Crippen molar-refractivity contribution in [3.05, 3.63) is 168 Å². The summed E-state index contributed by atoms with van der Waals surface area (Å²) in [5, 5.41) is 1.28. The lowest BCUT2D eigenvalue weighted by Gasteiger charge is -2.06. The first-order chi connectivity index (χ1) is 22.5. The fraction of sp³-hybridized carbons (Fsp3) is 0.0238. The average Bonchev–Trinajstić information content (AvgIpc) is 3.60. The minimum Gasteiger partial charge on any atom is -0.398 e. The van der Waals surface area contributed by atoms with Crippen molar-refractivity contribution in [3.8, 4) is 44.6 Å². The molecule has 220 valence electrons. The number of ketones is 2. The standard InChI is InChI=1S/C21H13N.C13H9NO.C8H8O/c1-2-7-14(8-3-1)20-13-18-16-10-5-4-9-15(16)17-11-6-12-19(22-20)21(17)18;14-11-7-3-6-9-8-4-1-2-5-10(8)13(15)12(9)11;1-7(9)8-5-3-2-4-6-8/h1-13H;1-7H,14H2;2-6H,1H3. The first-order valence-corrected chi connectivity index (χ1v) is 15.2. The second kappa shape index (κ2) is 12.1. The van der Waals surface area contributed by atoms with Gasteiger partial charge in [0.15, 0.2) is 11.6 Å². The van der Waals surface area contributed by atoms with E-state index in [4.69, 9.17) is 10.7 Å². The summed E-state index contributed by atoms with van der Waals surface area (Å²) < 4.78 is 0. The molecule has 7 aromatic rings. The quantitative estimate of drug-likeness (QED) is 0.160. The van der Waals surface area contributed by atoms with Crippen molar-refractivity contribution in [2.75, 3.05) is 5.73 Å². The smallest absolute Gasteiger partial charge is 0.196 e. The predicted octanol–water partition coefficient (Wildman–Crippen LogP) is 9.92. The van der Waals surface area contributed by atoms with E-state index in [1.165, 1.54) is 27.6 Å². The lowest BCUT2D eigenvalue weighted by atomic mass is 10.0. The molecule has 0 spiro atoms. The molecule has 2 aliphatic carbocycles. The molecule has 0 saturated heterocycles. The van der Waals surface area contributed by atoms with E-state index in [0.717, 1.165) is 39.0 Å². The minimum absolute atomic E-state index is 0.0405. The van der Waals surface area contributed by atoms with Crippen LogP contribution < -0.4 is 5.73 Å². The van der Waals surface area contributed by atoms with Crippen LogP contribution in [-0.2, 0) is 0 Å². The number of nitrogen functional groups attached to an aromatic ring is 1. The number of benzene rings is 6. The van der Waals surface area contributed by atoms with Crippen molar-refractivity contribution in [2.45, 2.75) is 6.92 Å². The Morgan fingerprint density at radius 2 is 1.07 bits per heavy atom. The molecule has 0 saturated carbocycles. The van der Waals surface area contributed by atoms with Crippen LogP contribution in [-0.4, -0.2) is 16.6 Å². The maximum atomic E-state index is 12.0. The van der Waals surface area contributed by atoms with Crippen molar-refractivity contribution in [3.63, 3.8) is 0 Å². The summed E-state index contributed by atoms with van der Waals surface area (Å²) in [6.45, 7) is 1.56. The van der Waals surface area contributed by atoms with E-state index in [2.05, 4.69) is 72.8 Å². The summed E-state index contributed by atoms with van der Waals surface area (Å²) in [5.74, 6) is 0.161. The maximum Gasteiger partial charge on any atom is 0.196 e. The highest BCUT2D eigenvalue weighted by atomic mass is 16.1. The van der Waals surface area contributed by atoms with E-state index in [1.807, 2.05) is 72.8 Å². The van der Waals surface area contributed by atoms with Crippen LogP contribution in [0.2, 0.25) is 0 Å². The van der Waals surface area contributed by atoms with Crippen LogP contribution >= 0.6 is 0 Å². The van der Waals surface area contributed by atoms with E-state index in [1.54, 1.807) is 13.0 Å². The van der Waals surface area contributed by atoms with Crippen LogP contribution in [0.15, 0.2) is 152 Å². The molecule has 0 aliphatic heterocycles. The number of nitrogens with zero attached hydrogens (tertiary/aromatic N) is 1. The second-order valence-electron chi connectivity index (χ2n) is 11.2. The molecule has 2 N–H and O–H groups in total. The monoisotopic (exact) mass is 594 g/mol. The Labute approximate surface area is 267 Å². The summed E-state index contributed by atoms with van der Waals surface area (Å²) in [5.41, 5.74) is 19.0. The normalized spacial score (nSPS) is 11.4. The predicted molar refractivity (Wildman–Crippen MR) is 188 cm³/mol. The molecule has 46 heavy (non-hydrogen) atoms. The molecule has 0 atom stereocenters. The highest BCUT2D eigenvalue weighted by molar-refractivity contribution is 6.24. The van der Waals surface area contributed by atoms with Gasteiger partial charge in [0.2, 0.25) is 0 Å². The van der Waals surface area contributed by atoms with Crippen molar-refractivity contribution in [2.24, 2.45) is 0 Å². The van der Waals surface area contributed by atoms with E-state index < -0.39 is 0 Å². The molecule has 0 fully saturated rings. The number of hydrogen-bond donors (Lipinski definition) is 1. The zero-order valence-corrected chi connectivity index (χ0v) is 25.3. The van der Waals surface area contributed by atoms with Gasteiger partial charge in [-0.3, -0.25) is 9.59 Å². The number of Topliss-reactive ketones (excluding diaryl/α,β-unsaturated/α-hetero) is 1. The summed E-state index contributed by atoms with van der Waals surface area (Å²) in [4.78, 5) is 27.6. The topological polar surface area (TPSA) is 73.1 Å². The van der Waals surface area contributed by atoms with E-state index in [0.29, 0.717) is 11.3 Å². The molecule has 0 radical (unpaired) electrons. The summed E-state index contributed by atoms with van der Waals surface area (Å²) in [7, 11) is 0. The molecule has 0 unspecified atom stereocenters. The Morgan fingerprint density at radius 1 is 0.543 bits per heavy atom. The van der Waals surface area contributed by atoms with Gasteiger partial charge < -0.3 is 5.73 Å². The van der Waals surface area contributed by atoms with E-state index in [-0.39, 0.29) is 11.6 Å². The highest BCUT2D eigenvalue weighted by Crippen LogP contribution is 2.47. The van der Waals surface area contributed by atoms with Crippen molar-refractivity contribution in [1.82, 2.24) is 4.98 Å². The van der Waals surface area contributed by atoms with Gasteiger partial charge in [-0.15, -0.1) is 0 Å². The average molecular weight is 595 g/mol. The van der Waals surface area contributed by atoms with Crippen LogP contribution in [0.1, 0.15) is 33.2 Å². The molecule has 1 aromatic heterocycles. The Balaban J connectivity index is 0.000000122. The van der Waals surface area contributed by atoms with Crippen molar-refractivity contribution in [1.29, 1.82) is 0 Å². The number of hydrogen-bond acceptors (Lipinski definition) is 4.